The molecule has 0 aromatic rings. The molecule has 0 rings (SSSR count). The summed E-state index contributed by atoms with van der Waals surface area (Å²) in [4.78, 5) is 0. The van der Waals surface area contributed by atoms with Crippen LogP contribution in [-0.4, -0.2) is 64.6 Å². The Balaban J connectivity index is 6.96. The molecule has 1 N–H and O–H groups in total. The normalized spacial score (nSPS) is 16.8. The van der Waals surface area contributed by atoms with Crippen LogP contribution in [-0.2, 0) is 10.0 Å². The smallest absolute Gasteiger partial charge is 0.224 e. The molecule has 200 valence electrons. The van der Waals surface area contributed by atoms with Gasteiger partial charge in [-0.3, -0.25) is 0 Å². The van der Waals surface area contributed by atoms with Crippen LogP contribution >= 0.6 is 0 Å². The van der Waals surface area contributed by atoms with Gasteiger partial charge in [-0.2, -0.15) is 74.6 Å². The van der Waals surface area contributed by atoms with Crippen molar-refractivity contribution in [2.45, 2.75) is 47.0 Å². The van der Waals surface area contributed by atoms with Crippen molar-refractivity contribution in [3.63, 3.8) is 0 Å². The van der Waals surface area contributed by atoms with Crippen molar-refractivity contribution in [1.29, 1.82) is 0 Å². The molecule has 0 unspecified atom stereocenters. The number of halogens is 20. The fourth-order valence-corrected chi connectivity index (χ4v) is 3.73. The Kier molecular flexibility index (Phi) is 7.32. The van der Waals surface area contributed by atoms with Crippen molar-refractivity contribution in [2.24, 2.45) is 0 Å². The standard InChI is InChI=1S/C8HF20NO2SSi/c9-1(10,3(13,14)5(17,18)7(21,22)23)2(11,12)4(15,16)6(19,20)8(24,25)32(30,31)29-33(26,27)28/h29H. The fraction of sp³-hybridized carbons (Fsp3) is 1.00. The van der Waals surface area contributed by atoms with Crippen LogP contribution in [0.2, 0.25) is 0 Å². The summed E-state index contributed by atoms with van der Waals surface area (Å²) in [6, 6.07) is 0. The molecule has 0 aliphatic heterocycles. The highest BCUT2D eigenvalue weighted by atomic mass is 32.2. The SMILES string of the molecule is O=S(=O)(N[Si](F)(F)F)C(F)(F)C(F)(F)C(F)(F)C(F)(F)C(F)(F)C(F)(F)C(F)(F)C(F)(F)F. The zero-order valence-electron chi connectivity index (χ0n) is 13.8. The minimum absolute atomic E-state index is 1.32. The summed E-state index contributed by atoms with van der Waals surface area (Å²) in [6.07, 6.45) is -7.98. The number of nitrogens with one attached hydrogen (secondary N) is 1. The van der Waals surface area contributed by atoms with Gasteiger partial charge in [-0.25, -0.2) is 20.7 Å². The van der Waals surface area contributed by atoms with Gasteiger partial charge in [-0.15, -0.1) is 4.39 Å². The number of hydrogen-bond donors (Lipinski definition) is 1. The molecular weight excluding hydrogens is 582 g/mol. The summed E-state index contributed by atoms with van der Waals surface area (Å²) >= 11 is 0. The molecule has 3 nitrogen and oxygen atoms in total. The average molecular weight is 583 g/mol. The number of sulfonamides is 1. The summed E-state index contributed by atoms with van der Waals surface area (Å²) in [5.41, 5.74) is 0. The molecule has 0 radical (unpaired) electrons. The molecule has 0 fully saturated rings. The van der Waals surface area contributed by atoms with E-state index in [0.29, 0.717) is 0 Å². The Morgan fingerprint density at radius 1 is 0.455 bits per heavy atom. The van der Waals surface area contributed by atoms with E-state index in [4.69, 9.17) is 0 Å². The maximum atomic E-state index is 13.3. The van der Waals surface area contributed by atoms with E-state index in [1.807, 2.05) is 0 Å². The minimum atomic E-state index is -9.10. The minimum Gasteiger partial charge on any atom is -0.224 e. The second-order valence-electron chi connectivity index (χ2n) is 5.56. The lowest BCUT2D eigenvalue weighted by Crippen LogP contribution is -2.75. The largest absolute Gasteiger partial charge is 0.730 e. The van der Waals surface area contributed by atoms with Gasteiger partial charge in [0.1, 0.15) is 0 Å². The molecule has 33 heavy (non-hydrogen) atoms. The van der Waals surface area contributed by atoms with E-state index in [9.17, 15) is 95.4 Å². The molecule has 0 aromatic carbocycles. The molecule has 0 saturated heterocycles. The number of hydrogen-bond acceptors (Lipinski definition) is 2. The fourth-order valence-electron chi connectivity index (χ4n) is 1.53. The molecular formula is C8HF20NO2SSi. The Bertz CT molecular complexity index is 839. The first-order valence-corrected chi connectivity index (χ1v) is 9.64. The van der Waals surface area contributed by atoms with Gasteiger partial charge in [-0.1, -0.05) is 0 Å². The molecule has 25 heteroatoms. The lowest BCUT2D eigenvalue weighted by Gasteiger charge is -2.42. The van der Waals surface area contributed by atoms with Crippen LogP contribution in [0.1, 0.15) is 0 Å². The van der Waals surface area contributed by atoms with E-state index in [1.165, 1.54) is 0 Å². The lowest BCUT2D eigenvalue weighted by atomic mass is 9.91. The summed E-state index contributed by atoms with van der Waals surface area (Å²) in [6.45, 7) is 0. The highest BCUT2D eigenvalue weighted by Gasteiger charge is 2.96. The van der Waals surface area contributed by atoms with Crippen molar-refractivity contribution in [3.05, 3.63) is 0 Å². The monoisotopic (exact) mass is 583 g/mol. The average Bonchev–Trinajstić information content (AvgIpc) is 2.49. The summed E-state index contributed by atoms with van der Waals surface area (Å²) in [5, 5.41) is -8.23. The van der Waals surface area contributed by atoms with Crippen molar-refractivity contribution in [2.75, 3.05) is 0 Å². The molecule has 0 saturated carbocycles. The van der Waals surface area contributed by atoms with E-state index in [0.717, 1.165) is 0 Å². The maximum absolute atomic E-state index is 13.3. The van der Waals surface area contributed by atoms with Crippen LogP contribution in [0.25, 0.3) is 0 Å². The highest BCUT2D eigenvalue weighted by Crippen LogP contribution is 2.64. The third-order valence-corrected chi connectivity index (χ3v) is 6.21. The zero-order chi connectivity index (χ0) is 27.7. The highest BCUT2D eigenvalue weighted by molar-refractivity contribution is 7.91. The quantitative estimate of drug-likeness (QED) is 0.230. The second kappa shape index (κ2) is 7.61. The molecule has 0 spiro atoms. The molecule has 0 heterocycles. The second-order valence-corrected chi connectivity index (χ2v) is 8.90. The Morgan fingerprint density at radius 3 is 0.939 bits per heavy atom. The maximum Gasteiger partial charge on any atom is 0.730 e. The summed E-state index contributed by atoms with van der Waals surface area (Å²) in [7, 11) is -16.6. The molecule has 0 aromatic heterocycles. The van der Waals surface area contributed by atoms with Crippen molar-refractivity contribution >= 4 is 19.3 Å². The third-order valence-electron chi connectivity index (χ3n) is 3.28. The Morgan fingerprint density at radius 2 is 0.697 bits per heavy atom. The van der Waals surface area contributed by atoms with E-state index in [1.54, 1.807) is 0 Å². The number of alkyl halides is 17. The lowest BCUT2D eigenvalue weighted by molar-refractivity contribution is -0.458. The van der Waals surface area contributed by atoms with E-state index in [2.05, 4.69) is 0 Å². The van der Waals surface area contributed by atoms with E-state index >= 15 is 0 Å². The molecule has 0 bridgehead atoms. The summed E-state index contributed by atoms with van der Waals surface area (Å²) in [5.74, 6) is -53.2. The topological polar surface area (TPSA) is 46.2 Å². The van der Waals surface area contributed by atoms with Crippen LogP contribution in [0.3, 0.4) is 0 Å². The predicted octanol–water partition coefficient (Wildman–Crippen LogP) is 5.22. The first kappa shape index (κ1) is 31.7. The van der Waals surface area contributed by atoms with Crippen LogP contribution < -0.4 is 4.39 Å². The van der Waals surface area contributed by atoms with Crippen LogP contribution in [0.5, 0.6) is 0 Å². The summed E-state index contributed by atoms with van der Waals surface area (Å²) < 4.78 is 274. The van der Waals surface area contributed by atoms with Gasteiger partial charge < -0.3 is 0 Å². The first-order chi connectivity index (χ1) is 13.7. The Hall–Kier alpha value is -1.27. The van der Waals surface area contributed by atoms with Crippen LogP contribution in [0.15, 0.2) is 0 Å². The van der Waals surface area contributed by atoms with Crippen molar-refractivity contribution in [1.82, 2.24) is 4.39 Å². The van der Waals surface area contributed by atoms with Gasteiger partial charge in [0.15, 0.2) is 0 Å². The van der Waals surface area contributed by atoms with E-state index < -0.39 is 70.6 Å². The van der Waals surface area contributed by atoms with Gasteiger partial charge in [0.25, 0.3) is 10.0 Å². The Labute approximate surface area is 167 Å². The van der Waals surface area contributed by atoms with Gasteiger partial charge in [0, 0.05) is 0 Å². The third kappa shape index (κ3) is 4.31. The molecule has 0 amide bonds. The first-order valence-electron chi connectivity index (χ1n) is 6.52. The molecule has 0 atom stereocenters. The van der Waals surface area contributed by atoms with Gasteiger partial charge in [0.2, 0.25) is 0 Å². The molecule has 0 aliphatic carbocycles. The molecule has 0 aliphatic rings. The zero-order valence-corrected chi connectivity index (χ0v) is 15.6. The van der Waals surface area contributed by atoms with Crippen LogP contribution in [0.4, 0.5) is 87.0 Å². The predicted molar refractivity (Wildman–Crippen MR) is 61.8 cm³/mol. The van der Waals surface area contributed by atoms with Crippen molar-refractivity contribution in [3.8, 4) is 0 Å². The number of rotatable bonds is 9. The van der Waals surface area contributed by atoms with Gasteiger partial charge in [-0.05, 0) is 0 Å². The van der Waals surface area contributed by atoms with Crippen LogP contribution in [0, 0.1) is 0 Å². The van der Waals surface area contributed by atoms with Gasteiger partial charge in [0.05, 0.1) is 0 Å². The van der Waals surface area contributed by atoms with E-state index in [-0.39, 0.29) is 0 Å². The van der Waals surface area contributed by atoms with Crippen molar-refractivity contribution < 1.29 is 95.4 Å². The van der Waals surface area contributed by atoms with Gasteiger partial charge >= 0.3 is 56.2 Å².